The molecular formula is C21H26BrFN6O3. The zero-order chi connectivity index (χ0) is 23.1. The molecule has 2 heterocycles. The molecular weight excluding hydrogens is 483 g/mol. The number of nitrogens with two attached hydrogens (primary N) is 1. The van der Waals surface area contributed by atoms with Crippen molar-refractivity contribution < 1.29 is 18.7 Å². The van der Waals surface area contributed by atoms with Gasteiger partial charge in [-0.25, -0.2) is 10.2 Å². The van der Waals surface area contributed by atoms with Crippen LogP contribution in [0.5, 0.6) is 0 Å². The van der Waals surface area contributed by atoms with Gasteiger partial charge in [0.1, 0.15) is 5.82 Å². The second-order valence-electron chi connectivity index (χ2n) is 7.38. The Kier molecular flexibility index (Phi) is 8.51. The number of hydrogen-bond acceptors (Lipinski definition) is 7. The smallest absolute Gasteiger partial charge is 0.266 e. The molecule has 0 saturated carbocycles. The molecule has 1 fully saturated rings. The van der Waals surface area contributed by atoms with E-state index in [0.29, 0.717) is 53.3 Å². The first-order valence-electron chi connectivity index (χ1n) is 10.1. The maximum Gasteiger partial charge on any atom is 0.266 e. The molecule has 0 unspecified atom stereocenters. The van der Waals surface area contributed by atoms with Crippen molar-refractivity contribution in [3.63, 3.8) is 0 Å². The normalized spacial score (nSPS) is 14.1. The van der Waals surface area contributed by atoms with Gasteiger partial charge in [-0.1, -0.05) is 0 Å². The van der Waals surface area contributed by atoms with E-state index < -0.39 is 11.7 Å². The first-order valence-corrected chi connectivity index (χ1v) is 10.9. The van der Waals surface area contributed by atoms with Crippen molar-refractivity contribution in [1.29, 1.82) is 0 Å². The van der Waals surface area contributed by atoms with Crippen LogP contribution in [0.4, 0.5) is 15.8 Å². The number of nitrogen functional groups attached to an aromatic ring is 1. The molecule has 0 spiro atoms. The van der Waals surface area contributed by atoms with Gasteiger partial charge in [0.2, 0.25) is 6.41 Å². The summed E-state index contributed by atoms with van der Waals surface area (Å²) in [5, 5.41) is 0. The molecule has 0 radical (unpaired) electrons. The summed E-state index contributed by atoms with van der Waals surface area (Å²) in [6, 6.07) is 6.18. The summed E-state index contributed by atoms with van der Waals surface area (Å²) >= 11 is 3.25. The molecule has 1 aromatic carbocycles. The van der Waals surface area contributed by atoms with Crippen molar-refractivity contribution in [1.82, 2.24) is 15.3 Å². The number of amides is 2. The number of nitrogens with zero attached hydrogens (tertiary/aromatic N) is 4. The number of carbonyl (C=O) groups excluding carboxylic acids is 2. The first-order chi connectivity index (χ1) is 15.4. The number of morpholine rings is 1. The van der Waals surface area contributed by atoms with E-state index in [2.05, 4.69) is 25.8 Å². The number of pyridine rings is 1. The number of hydrogen-bond donors (Lipinski definition) is 2. The van der Waals surface area contributed by atoms with E-state index in [-0.39, 0.29) is 6.54 Å². The van der Waals surface area contributed by atoms with Crippen LogP contribution in [-0.2, 0) is 16.1 Å². The number of likely N-dealkylation sites (N-methyl/N-ethyl adjacent to an activating group) is 1. The van der Waals surface area contributed by atoms with Gasteiger partial charge in [0, 0.05) is 45.5 Å². The molecule has 3 N–H and O–H groups in total. The predicted octanol–water partition coefficient (Wildman–Crippen LogP) is 1.52. The van der Waals surface area contributed by atoms with E-state index in [1.807, 2.05) is 17.4 Å². The second-order valence-corrected chi connectivity index (χ2v) is 8.23. The number of aromatic nitrogens is 1. The predicted molar refractivity (Wildman–Crippen MR) is 123 cm³/mol. The fourth-order valence-corrected chi connectivity index (χ4v) is 3.72. The largest absolute Gasteiger partial charge is 0.379 e. The summed E-state index contributed by atoms with van der Waals surface area (Å²) in [5.74, 6) is 4.19. The number of anilines is 2. The summed E-state index contributed by atoms with van der Waals surface area (Å²) in [4.78, 5) is 33.4. The molecule has 1 aromatic heterocycles. The van der Waals surface area contributed by atoms with E-state index in [1.54, 1.807) is 18.2 Å². The molecule has 172 valence electrons. The summed E-state index contributed by atoms with van der Waals surface area (Å²) in [7, 11) is 1.91. The zero-order valence-corrected chi connectivity index (χ0v) is 19.3. The molecule has 32 heavy (non-hydrogen) atoms. The van der Waals surface area contributed by atoms with Crippen molar-refractivity contribution in [3.8, 4) is 0 Å². The molecule has 2 amide bonds. The monoisotopic (exact) mass is 508 g/mol. The minimum atomic E-state index is -0.472. The third kappa shape index (κ3) is 6.00. The maximum atomic E-state index is 14.4. The minimum absolute atomic E-state index is 0.111. The molecule has 2 aromatic rings. The SMILES string of the molecule is CN(CCN1CCOCC1)c1cc(Br)c(F)cc1N(C=O)Cc1ccc(C(=O)NN)cn1. The van der Waals surface area contributed by atoms with E-state index >= 15 is 0 Å². The average molecular weight is 509 g/mol. The second kappa shape index (κ2) is 11.3. The third-order valence-corrected chi connectivity index (χ3v) is 5.88. The van der Waals surface area contributed by atoms with Gasteiger partial charge in [-0.05, 0) is 34.1 Å². The highest BCUT2D eigenvalue weighted by Crippen LogP contribution is 2.34. The molecule has 0 aliphatic carbocycles. The Morgan fingerprint density at radius 1 is 1.34 bits per heavy atom. The average Bonchev–Trinajstić information content (AvgIpc) is 2.83. The van der Waals surface area contributed by atoms with E-state index in [4.69, 9.17) is 10.6 Å². The highest BCUT2D eigenvalue weighted by atomic mass is 79.9. The van der Waals surface area contributed by atoms with Crippen molar-refractivity contribution >= 4 is 39.6 Å². The Morgan fingerprint density at radius 3 is 2.72 bits per heavy atom. The van der Waals surface area contributed by atoms with Crippen LogP contribution in [0.15, 0.2) is 34.9 Å². The fraction of sp³-hybridized carbons (Fsp3) is 0.381. The molecule has 0 atom stereocenters. The number of benzene rings is 1. The highest BCUT2D eigenvalue weighted by Gasteiger charge is 2.19. The Labute approximate surface area is 194 Å². The van der Waals surface area contributed by atoms with Crippen molar-refractivity contribution in [2.24, 2.45) is 5.84 Å². The van der Waals surface area contributed by atoms with Crippen LogP contribution >= 0.6 is 15.9 Å². The summed E-state index contributed by atoms with van der Waals surface area (Å²) < 4.78 is 20.1. The minimum Gasteiger partial charge on any atom is -0.379 e. The molecule has 1 saturated heterocycles. The highest BCUT2D eigenvalue weighted by molar-refractivity contribution is 9.10. The third-order valence-electron chi connectivity index (χ3n) is 5.27. The lowest BCUT2D eigenvalue weighted by molar-refractivity contribution is -0.107. The van der Waals surface area contributed by atoms with Crippen LogP contribution < -0.4 is 21.1 Å². The molecule has 11 heteroatoms. The Bertz CT molecular complexity index is 940. The number of rotatable bonds is 9. The van der Waals surface area contributed by atoms with Crippen molar-refractivity contribution in [2.45, 2.75) is 6.54 Å². The molecule has 1 aliphatic heterocycles. The van der Waals surface area contributed by atoms with Gasteiger partial charge in [0.05, 0.1) is 46.9 Å². The Balaban J connectivity index is 1.79. The van der Waals surface area contributed by atoms with Gasteiger partial charge < -0.3 is 14.5 Å². The van der Waals surface area contributed by atoms with Crippen LogP contribution in [0.2, 0.25) is 0 Å². The van der Waals surface area contributed by atoms with Crippen LogP contribution in [0, 0.1) is 5.82 Å². The topological polar surface area (TPSA) is 104 Å². The number of halogens is 2. The number of hydrazine groups is 1. The lowest BCUT2D eigenvalue weighted by Gasteiger charge is -2.31. The quantitative estimate of drug-likeness (QED) is 0.229. The van der Waals surface area contributed by atoms with Crippen LogP contribution in [-0.4, -0.2) is 68.6 Å². The van der Waals surface area contributed by atoms with Crippen LogP contribution in [0.25, 0.3) is 0 Å². The first kappa shape index (κ1) is 24.1. The zero-order valence-electron chi connectivity index (χ0n) is 17.8. The van der Waals surface area contributed by atoms with E-state index in [1.165, 1.54) is 17.2 Å². The van der Waals surface area contributed by atoms with E-state index in [0.717, 1.165) is 19.6 Å². The van der Waals surface area contributed by atoms with Gasteiger partial charge in [-0.2, -0.15) is 0 Å². The summed E-state index contributed by atoms with van der Waals surface area (Å²) in [5.41, 5.74) is 4.01. The van der Waals surface area contributed by atoms with Crippen molar-refractivity contribution in [3.05, 3.63) is 52.0 Å². The lowest BCUT2D eigenvalue weighted by Crippen LogP contribution is -2.41. The van der Waals surface area contributed by atoms with E-state index in [9.17, 15) is 14.0 Å². The Morgan fingerprint density at radius 2 is 2.09 bits per heavy atom. The summed E-state index contributed by atoms with van der Waals surface area (Å²) in [6.07, 6.45) is 2.02. The van der Waals surface area contributed by atoms with Crippen LogP contribution in [0.1, 0.15) is 16.1 Å². The Hall–Kier alpha value is -2.60. The number of ether oxygens (including phenoxy) is 1. The van der Waals surface area contributed by atoms with Gasteiger partial charge in [0.15, 0.2) is 0 Å². The van der Waals surface area contributed by atoms with Crippen LogP contribution in [0.3, 0.4) is 0 Å². The van der Waals surface area contributed by atoms with Gasteiger partial charge in [0.25, 0.3) is 5.91 Å². The van der Waals surface area contributed by atoms with Gasteiger partial charge in [-0.3, -0.25) is 24.9 Å². The van der Waals surface area contributed by atoms with Gasteiger partial charge in [-0.15, -0.1) is 0 Å². The molecule has 0 bridgehead atoms. The summed E-state index contributed by atoms with van der Waals surface area (Å²) in [6.45, 7) is 4.81. The number of carbonyl (C=O) groups is 2. The fourth-order valence-electron chi connectivity index (χ4n) is 3.39. The maximum absolute atomic E-state index is 14.4. The van der Waals surface area contributed by atoms with Gasteiger partial charge >= 0.3 is 0 Å². The lowest BCUT2D eigenvalue weighted by atomic mass is 10.2. The number of nitrogens with one attached hydrogen (secondary N) is 1. The molecule has 1 aliphatic rings. The van der Waals surface area contributed by atoms with Crippen molar-refractivity contribution in [2.75, 3.05) is 56.2 Å². The molecule has 3 rings (SSSR count). The standard InChI is InChI=1S/C21H26BrFN6O3/c1-27(4-5-28-6-8-32-9-7-28)19-10-17(22)18(23)11-20(19)29(14-30)13-16-3-2-15(12-25-16)21(31)26-24/h2-3,10-12,14H,4-9,13,24H2,1H3,(H,26,31). The molecule has 9 nitrogen and oxygen atoms in total.